The maximum Gasteiger partial charge on any atom is 0.118 e. The molecule has 1 nitrogen and oxygen atoms in total. The van der Waals surface area contributed by atoms with Crippen molar-refractivity contribution in [1.29, 1.82) is 0 Å². The van der Waals surface area contributed by atoms with Gasteiger partial charge in [-0.2, -0.15) is 0 Å². The Balaban J connectivity index is 1.38. The van der Waals surface area contributed by atoms with Crippen molar-refractivity contribution in [2.45, 2.75) is 44.4 Å². The van der Waals surface area contributed by atoms with Crippen LogP contribution in [0.1, 0.15) is 58.9 Å². The van der Waals surface area contributed by atoms with Crippen molar-refractivity contribution in [3.8, 4) is 16.9 Å². The lowest BCUT2D eigenvalue weighted by molar-refractivity contribution is 0.367. The normalized spacial score (nSPS) is 27.0. The quantitative estimate of drug-likeness (QED) is 0.425. The molecule has 3 aliphatic rings. The SMILES string of the molecule is Cc1cc(C2CC3CC(c4cccc5c4Cc4ccccc4-5)C2C3)ccc1O. The van der Waals surface area contributed by atoms with Crippen LogP contribution in [0.3, 0.4) is 0 Å². The predicted octanol–water partition coefficient (Wildman–Crippen LogP) is 6.57. The summed E-state index contributed by atoms with van der Waals surface area (Å²) in [5, 5.41) is 9.94. The number of phenolic OH excluding ortho intramolecular Hbond substituents is 1. The fourth-order valence-electron chi connectivity index (χ4n) is 6.53. The molecule has 1 heteroatoms. The number of benzene rings is 3. The first-order valence-electron chi connectivity index (χ1n) is 10.7. The third kappa shape index (κ3) is 2.32. The molecule has 6 rings (SSSR count). The molecule has 1 N–H and O–H groups in total. The highest BCUT2D eigenvalue weighted by molar-refractivity contribution is 5.78. The number of hydrogen-bond acceptors (Lipinski definition) is 1. The van der Waals surface area contributed by atoms with Crippen molar-refractivity contribution in [2.24, 2.45) is 11.8 Å². The zero-order valence-electron chi connectivity index (χ0n) is 16.4. The minimum Gasteiger partial charge on any atom is -0.508 e. The Labute approximate surface area is 167 Å². The molecule has 0 heterocycles. The average molecular weight is 367 g/mol. The lowest BCUT2D eigenvalue weighted by Crippen LogP contribution is -2.18. The summed E-state index contributed by atoms with van der Waals surface area (Å²) in [6.07, 6.45) is 5.14. The van der Waals surface area contributed by atoms with Crippen molar-refractivity contribution in [2.75, 3.05) is 0 Å². The molecule has 4 unspecified atom stereocenters. The van der Waals surface area contributed by atoms with Crippen LogP contribution in [0.25, 0.3) is 11.1 Å². The Kier molecular flexibility index (Phi) is 3.50. The van der Waals surface area contributed by atoms with Gasteiger partial charge in [0.1, 0.15) is 5.75 Å². The first-order valence-corrected chi connectivity index (χ1v) is 10.7. The Hall–Kier alpha value is -2.54. The highest BCUT2D eigenvalue weighted by atomic mass is 16.3. The van der Waals surface area contributed by atoms with E-state index in [4.69, 9.17) is 0 Å². The average Bonchev–Trinajstić information content (AvgIpc) is 3.41. The van der Waals surface area contributed by atoms with Gasteiger partial charge in [0.05, 0.1) is 0 Å². The largest absolute Gasteiger partial charge is 0.508 e. The van der Waals surface area contributed by atoms with Crippen molar-refractivity contribution in [3.05, 3.63) is 88.5 Å². The van der Waals surface area contributed by atoms with Gasteiger partial charge in [-0.15, -0.1) is 0 Å². The van der Waals surface area contributed by atoms with Crippen LogP contribution in [0.15, 0.2) is 60.7 Å². The maximum absolute atomic E-state index is 9.94. The summed E-state index contributed by atoms with van der Waals surface area (Å²) in [5.74, 6) is 3.34. The van der Waals surface area contributed by atoms with Crippen LogP contribution in [-0.2, 0) is 6.42 Å². The first-order chi connectivity index (χ1) is 13.7. The second-order valence-corrected chi connectivity index (χ2v) is 9.20. The number of aromatic hydroxyl groups is 1. The maximum atomic E-state index is 9.94. The molecule has 0 spiro atoms. The topological polar surface area (TPSA) is 20.2 Å². The molecule has 3 aromatic rings. The van der Waals surface area contributed by atoms with Crippen molar-refractivity contribution < 1.29 is 5.11 Å². The zero-order chi connectivity index (χ0) is 18.8. The fraction of sp³-hybridized carbons (Fsp3) is 0.333. The van der Waals surface area contributed by atoms with Crippen LogP contribution in [0, 0.1) is 18.8 Å². The van der Waals surface area contributed by atoms with E-state index in [2.05, 4.69) is 54.6 Å². The Morgan fingerprint density at radius 1 is 0.821 bits per heavy atom. The summed E-state index contributed by atoms with van der Waals surface area (Å²) in [4.78, 5) is 0. The van der Waals surface area contributed by atoms with Crippen LogP contribution in [0.4, 0.5) is 0 Å². The molecule has 4 atom stereocenters. The van der Waals surface area contributed by atoms with E-state index in [9.17, 15) is 5.11 Å². The smallest absolute Gasteiger partial charge is 0.118 e. The highest BCUT2D eigenvalue weighted by Gasteiger charge is 2.47. The molecule has 0 amide bonds. The zero-order valence-corrected chi connectivity index (χ0v) is 16.4. The summed E-state index contributed by atoms with van der Waals surface area (Å²) < 4.78 is 0. The van der Waals surface area contributed by atoms with Gasteiger partial charge < -0.3 is 5.11 Å². The highest BCUT2D eigenvalue weighted by Crippen LogP contribution is 2.60. The van der Waals surface area contributed by atoms with Crippen LogP contribution in [0.2, 0.25) is 0 Å². The van der Waals surface area contributed by atoms with Gasteiger partial charge in [0.15, 0.2) is 0 Å². The molecule has 2 saturated carbocycles. The van der Waals surface area contributed by atoms with Gasteiger partial charge in [0.25, 0.3) is 0 Å². The Bertz CT molecular complexity index is 1080. The molecular formula is C27H26O. The molecule has 0 aliphatic heterocycles. The van der Waals surface area contributed by atoms with E-state index in [1.807, 2.05) is 13.0 Å². The van der Waals surface area contributed by atoms with Crippen molar-refractivity contribution >= 4 is 0 Å². The van der Waals surface area contributed by atoms with Crippen LogP contribution in [-0.4, -0.2) is 5.11 Å². The second-order valence-electron chi connectivity index (χ2n) is 9.20. The molecule has 3 aromatic carbocycles. The molecule has 3 aliphatic carbocycles. The summed E-state index contributed by atoms with van der Waals surface area (Å²) in [6, 6.07) is 22.2. The van der Waals surface area contributed by atoms with Gasteiger partial charge in [-0.1, -0.05) is 54.6 Å². The molecular weight excluding hydrogens is 340 g/mol. The third-order valence-electron chi connectivity index (χ3n) is 7.75. The van der Waals surface area contributed by atoms with E-state index < -0.39 is 0 Å². The van der Waals surface area contributed by atoms with Crippen LogP contribution < -0.4 is 0 Å². The summed E-state index contributed by atoms with van der Waals surface area (Å²) in [6.45, 7) is 2.02. The number of fused-ring (bicyclic) bond motifs is 5. The van der Waals surface area contributed by atoms with E-state index in [0.717, 1.165) is 23.8 Å². The van der Waals surface area contributed by atoms with Crippen LogP contribution in [0.5, 0.6) is 5.75 Å². The van der Waals surface area contributed by atoms with Gasteiger partial charge in [0, 0.05) is 0 Å². The second kappa shape index (κ2) is 5.98. The first kappa shape index (κ1) is 16.4. The predicted molar refractivity (Wildman–Crippen MR) is 114 cm³/mol. The number of aryl methyl sites for hydroxylation is 1. The number of hydrogen-bond donors (Lipinski definition) is 1. The Morgan fingerprint density at radius 3 is 2.50 bits per heavy atom. The number of phenols is 1. The van der Waals surface area contributed by atoms with E-state index in [0.29, 0.717) is 17.6 Å². The van der Waals surface area contributed by atoms with Crippen LogP contribution >= 0.6 is 0 Å². The van der Waals surface area contributed by atoms with E-state index >= 15 is 0 Å². The summed E-state index contributed by atoms with van der Waals surface area (Å²) in [7, 11) is 0. The van der Waals surface area contributed by atoms with E-state index in [1.165, 1.54) is 41.5 Å². The molecule has 2 fully saturated rings. The van der Waals surface area contributed by atoms with Gasteiger partial charge in [-0.3, -0.25) is 0 Å². The lowest BCUT2D eigenvalue weighted by atomic mass is 9.73. The monoisotopic (exact) mass is 366 g/mol. The molecule has 0 saturated heterocycles. The summed E-state index contributed by atoms with van der Waals surface area (Å²) in [5.41, 5.74) is 10.0. The van der Waals surface area contributed by atoms with Gasteiger partial charge in [-0.05, 0) is 101 Å². The lowest BCUT2D eigenvalue weighted by Gasteiger charge is -2.31. The van der Waals surface area contributed by atoms with Crippen molar-refractivity contribution in [3.63, 3.8) is 0 Å². The van der Waals surface area contributed by atoms with E-state index in [1.54, 1.807) is 11.1 Å². The summed E-state index contributed by atoms with van der Waals surface area (Å²) >= 11 is 0. The molecule has 28 heavy (non-hydrogen) atoms. The van der Waals surface area contributed by atoms with E-state index in [-0.39, 0.29) is 0 Å². The molecule has 0 aromatic heterocycles. The minimum atomic E-state index is 0.419. The molecule has 0 radical (unpaired) electrons. The minimum absolute atomic E-state index is 0.419. The molecule has 2 bridgehead atoms. The van der Waals surface area contributed by atoms with Crippen molar-refractivity contribution in [1.82, 2.24) is 0 Å². The van der Waals surface area contributed by atoms with Gasteiger partial charge in [0.2, 0.25) is 0 Å². The molecule has 140 valence electrons. The number of rotatable bonds is 2. The van der Waals surface area contributed by atoms with Gasteiger partial charge in [-0.25, -0.2) is 0 Å². The fourth-order valence-corrected chi connectivity index (χ4v) is 6.53. The third-order valence-corrected chi connectivity index (χ3v) is 7.75. The standard InChI is InChI=1S/C27H26O/c1-16-11-19(9-10-27(16)28)23-12-17-13-24(25(23)14-17)22-8-4-7-21-20-6-3-2-5-18(20)15-26(21)22/h2-11,17,23-25,28H,12-15H2,1H3. The Morgan fingerprint density at radius 2 is 1.64 bits per heavy atom. The van der Waals surface area contributed by atoms with Gasteiger partial charge >= 0.3 is 0 Å².